The molecule has 7 nitrogen and oxygen atoms in total. The summed E-state index contributed by atoms with van der Waals surface area (Å²) in [5, 5.41) is 11.3. The van der Waals surface area contributed by atoms with E-state index >= 15 is 0 Å². The Morgan fingerprint density at radius 2 is 2.14 bits per heavy atom. The van der Waals surface area contributed by atoms with Crippen LogP contribution in [0.4, 0.5) is 0 Å². The molecule has 116 valence electrons. The molecule has 2 aliphatic rings. The first-order chi connectivity index (χ1) is 10.2. The number of piperidine rings is 1. The van der Waals surface area contributed by atoms with Gasteiger partial charge in [-0.15, -0.1) is 5.10 Å². The SMILES string of the molecule is CCN1CCC(N(C)C(=O)c2cn(C3CNC3)nn2)CC1. The Kier molecular flexibility index (Phi) is 4.21. The van der Waals surface area contributed by atoms with Crippen LogP contribution in [0.5, 0.6) is 0 Å². The van der Waals surface area contributed by atoms with Crippen molar-refractivity contribution in [3.05, 3.63) is 11.9 Å². The molecule has 21 heavy (non-hydrogen) atoms. The summed E-state index contributed by atoms with van der Waals surface area (Å²) in [5.41, 5.74) is 0.460. The van der Waals surface area contributed by atoms with Gasteiger partial charge in [-0.25, -0.2) is 4.68 Å². The summed E-state index contributed by atoms with van der Waals surface area (Å²) in [7, 11) is 1.89. The Morgan fingerprint density at radius 3 is 2.71 bits per heavy atom. The lowest BCUT2D eigenvalue weighted by Gasteiger charge is -2.35. The first kappa shape index (κ1) is 14.5. The summed E-state index contributed by atoms with van der Waals surface area (Å²) >= 11 is 0. The van der Waals surface area contributed by atoms with Crippen molar-refractivity contribution in [3.8, 4) is 0 Å². The molecule has 0 atom stereocenters. The fourth-order valence-corrected chi connectivity index (χ4v) is 2.98. The van der Waals surface area contributed by atoms with Gasteiger partial charge >= 0.3 is 0 Å². The number of hydrogen-bond donors (Lipinski definition) is 1. The average molecular weight is 292 g/mol. The average Bonchev–Trinajstić information content (AvgIpc) is 2.93. The molecular formula is C14H24N6O. The Hall–Kier alpha value is -1.47. The zero-order valence-corrected chi connectivity index (χ0v) is 12.8. The Morgan fingerprint density at radius 1 is 1.43 bits per heavy atom. The van der Waals surface area contributed by atoms with E-state index in [2.05, 4.69) is 27.5 Å². The van der Waals surface area contributed by atoms with E-state index in [9.17, 15) is 4.79 Å². The van der Waals surface area contributed by atoms with E-state index in [0.29, 0.717) is 17.8 Å². The summed E-state index contributed by atoms with van der Waals surface area (Å²) in [4.78, 5) is 16.8. The van der Waals surface area contributed by atoms with Crippen LogP contribution >= 0.6 is 0 Å². The predicted octanol–water partition coefficient (Wildman–Crippen LogP) is -0.0213. The number of carbonyl (C=O) groups is 1. The first-order valence-electron chi connectivity index (χ1n) is 7.81. The Labute approximate surface area is 125 Å². The van der Waals surface area contributed by atoms with Gasteiger partial charge in [-0.3, -0.25) is 4.79 Å². The summed E-state index contributed by atoms with van der Waals surface area (Å²) in [6.07, 6.45) is 3.86. The van der Waals surface area contributed by atoms with Crippen LogP contribution in [0.1, 0.15) is 36.3 Å². The van der Waals surface area contributed by atoms with E-state index in [4.69, 9.17) is 0 Å². The summed E-state index contributed by atoms with van der Waals surface area (Å²) in [6, 6.07) is 0.660. The number of nitrogens with one attached hydrogen (secondary N) is 1. The van der Waals surface area contributed by atoms with Gasteiger partial charge in [0.2, 0.25) is 0 Å². The zero-order chi connectivity index (χ0) is 14.8. The molecule has 1 amide bonds. The largest absolute Gasteiger partial charge is 0.337 e. The van der Waals surface area contributed by atoms with Crippen LogP contribution in [-0.4, -0.2) is 76.5 Å². The lowest BCUT2D eigenvalue weighted by atomic mass is 10.0. The van der Waals surface area contributed by atoms with Crippen molar-refractivity contribution in [2.24, 2.45) is 0 Å². The number of rotatable bonds is 4. The van der Waals surface area contributed by atoms with Gasteiger partial charge in [-0.2, -0.15) is 0 Å². The number of carbonyl (C=O) groups excluding carboxylic acids is 1. The van der Waals surface area contributed by atoms with Crippen molar-refractivity contribution in [1.82, 2.24) is 30.1 Å². The third kappa shape index (κ3) is 2.94. The lowest BCUT2D eigenvalue weighted by molar-refractivity contribution is 0.0641. The van der Waals surface area contributed by atoms with E-state index < -0.39 is 0 Å². The van der Waals surface area contributed by atoms with Gasteiger partial charge < -0.3 is 15.1 Å². The van der Waals surface area contributed by atoms with E-state index in [-0.39, 0.29) is 5.91 Å². The quantitative estimate of drug-likeness (QED) is 0.845. The maximum absolute atomic E-state index is 12.5. The van der Waals surface area contributed by atoms with Crippen LogP contribution in [0.25, 0.3) is 0 Å². The second-order valence-corrected chi connectivity index (χ2v) is 5.98. The molecule has 1 aromatic heterocycles. The van der Waals surface area contributed by atoms with Crippen LogP contribution in [-0.2, 0) is 0 Å². The lowest BCUT2D eigenvalue weighted by Crippen LogP contribution is -2.45. The smallest absolute Gasteiger partial charge is 0.276 e. The number of aromatic nitrogens is 3. The van der Waals surface area contributed by atoms with Crippen molar-refractivity contribution in [2.75, 3.05) is 39.8 Å². The molecule has 2 aliphatic heterocycles. The molecule has 0 unspecified atom stereocenters. The van der Waals surface area contributed by atoms with Crippen molar-refractivity contribution in [1.29, 1.82) is 0 Å². The number of nitrogens with zero attached hydrogens (tertiary/aromatic N) is 5. The highest BCUT2D eigenvalue weighted by Gasteiger charge is 2.28. The second-order valence-electron chi connectivity index (χ2n) is 5.98. The fraction of sp³-hybridized carbons (Fsp3) is 0.786. The van der Waals surface area contributed by atoms with Gasteiger partial charge in [0.25, 0.3) is 5.91 Å². The highest BCUT2D eigenvalue weighted by molar-refractivity contribution is 5.91. The molecule has 1 aromatic rings. The van der Waals surface area contributed by atoms with E-state index in [1.807, 2.05) is 11.9 Å². The number of likely N-dealkylation sites (tertiary alicyclic amines) is 1. The molecule has 0 aromatic carbocycles. The topological polar surface area (TPSA) is 66.3 Å². The molecule has 7 heteroatoms. The van der Waals surface area contributed by atoms with E-state index in [1.54, 1.807) is 10.9 Å². The molecule has 0 spiro atoms. The maximum atomic E-state index is 12.5. The molecule has 3 heterocycles. The van der Waals surface area contributed by atoms with Gasteiger partial charge in [-0.05, 0) is 19.4 Å². The summed E-state index contributed by atoms with van der Waals surface area (Å²) < 4.78 is 1.80. The monoisotopic (exact) mass is 292 g/mol. The third-order valence-electron chi connectivity index (χ3n) is 4.74. The summed E-state index contributed by atoms with van der Waals surface area (Å²) in [5.74, 6) is -0.0107. The van der Waals surface area contributed by atoms with Gasteiger partial charge in [0.15, 0.2) is 5.69 Å². The van der Waals surface area contributed by atoms with Crippen LogP contribution < -0.4 is 5.32 Å². The molecule has 0 aliphatic carbocycles. The summed E-state index contributed by atoms with van der Waals surface area (Å²) in [6.45, 7) is 7.22. The predicted molar refractivity (Wildman–Crippen MR) is 79.2 cm³/mol. The third-order valence-corrected chi connectivity index (χ3v) is 4.74. The number of hydrogen-bond acceptors (Lipinski definition) is 5. The van der Waals surface area contributed by atoms with Gasteiger partial charge in [0.05, 0.1) is 12.2 Å². The van der Waals surface area contributed by atoms with E-state index in [1.165, 1.54) is 0 Å². The van der Waals surface area contributed by atoms with Crippen LogP contribution in [0.2, 0.25) is 0 Å². The van der Waals surface area contributed by atoms with E-state index in [0.717, 1.165) is 45.6 Å². The minimum atomic E-state index is -0.0107. The molecule has 0 bridgehead atoms. The van der Waals surface area contributed by atoms with Crippen molar-refractivity contribution in [3.63, 3.8) is 0 Å². The second kappa shape index (κ2) is 6.11. The molecule has 3 rings (SSSR count). The van der Waals surface area contributed by atoms with Crippen molar-refractivity contribution >= 4 is 5.91 Å². The molecule has 0 saturated carbocycles. The van der Waals surface area contributed by atoms with Crippen LogP contribution in [0.15, 0.2) is 6.20 Å². The normalized spacial score (nSPS) is 21.2. The Balaban J connectivity index is 1.60. The van der Waals surface area contributed by atoms with Gasteiger partial charge in [0, 0.05) is 39.3 Å². The molecule has 2 saturated heterocycles. The van der Waals surface area contributed by atoms with Gasteiger partial charge in [0.1, 0.15) is 0 Å². The van der Waals surface area contributed by atoms with Gasteiger partial charge in [-0.1, -0.05) is 12.1 Å². The fourth-order valence-electron chi connectivity index (χ4n) is 2.98. The molecule has 1 N–H and O–H groups in total. The molecule has 2 fully saturated rings. The minimum absolute atomic E-state index is 0.0107. The molecule has 0 radical (unpaired) electrons. The zero-order valence-electron chi connectivity index (χ0n) is 12.8. The number of amides is 1. The first-order valence-corrected chi connectivity index (χ1v) is 7.81. The van der Waals surface area contributed by atoms with Crippen molar-refractivity contribution in [2.45, 2.75) is 31.8 Å². The van der Waals surface area contributed by atoms with Crippen molar-refractivity contribution < 1.29 is 4.79 Å². The standard InChI is InChI=1S/C14H24N6O/c1-3-19-6-4-11(5-7-19)18(2)14(21)13-10-20(17-16-13)12-8-15-9-12/h10-12,15H,3-9H2,1-2H3. The molecular weight excluding hydrogens is 268 g/mol. The maximum Gasteiger partial charge on any atom is 0.276 e. The minimum Gasteiger partial charge on any atom is -0.337 e. The highest BCUT2D eigenvalue weighted by Crippen LogP contribution is 2.17. The van der Waals surface area contributed by atoms with Crippen LogP contribution in [0, 0.1) is 0 Å². The highest BCUT2D eigenvalue weighted by atomic mass is 16.2. The van der Waals surface area contributed by atoms with Crippen LogP contribution in [0.3, 0.4) is 0 Å². The Bertz CT molecular complexity index is 489.